The zero-order valence-electron chi connectivity index (χ0n) is 10.8. The highest BCUT2D eigenvalue weighted by Gasteiger charge is 2.25. The molecule has 4 nitrogen and oxygen atoms in total. The molecule has 1 aromatic carbocycles. The number of aromatic nitrogens is 2. The van der Waals surface area contributed by atoms with E-state index in [1.807, 2.05) is 45.2 Å². The molecule has 18 heavy (non-hydrogen) atoms. The first kappa shape index (κ1) is 11.0. The third-order valence-corrected chi connectivity index (χ3v) is 3.51. The second kappa shape index (κ2) is 3.70. The number of imidazole rings is 1. The Labute approximate surface area is 106 Å². The zero-order valence-corrected chi connectivity index (χ0v) is 10.8. The maximum Gasteiger partial charge on any atom is 0.256 e. The van der Waals surface area contributed by atoms with E-state index in [1.54, 1.807) is 4.90 Å². The topological polar surface area (TPSA) is 38.1 Å². The fraction of sp³-hybridized carbons (Fsp3) is 0.286. The first-order valence-electron chi connectivity index (χ1n) is 5.99. The second-order valence-electron chi connectivity index (χ2n) is 4.71. The molecule has 1 aliphatic rings. The highest BCUT2D eigenvalue weighted by Crippen LogP contribution is 2.26. The van der Waals surface area contributed by atoms with Gasteiger partial charge in [0.25, 0.3) is 5.91 Å². The number of rotatable bonds is 0. The van der Waals surface area contributed by atoms with E-state index >= 15 is 0 Å². The van der Waals surface area contributed by atoms with Crippen LogP contribution in [-0.2, 0) is 6.54 Å². The largest absolute Gasteiger partial charge is 0.334 e. The minimum Gasteiger partial charge on any atom is -0.334 e. The van der Waals surface area contributed by atoms with Crippen molar-refractivity contribution in [3.8, 4) is 5.69 Å². The van der Waals surface area contributed by atoms with Crippen molar-refractivity contribution in [2.24, 2.45) is 0 Å². The number of hydrogen-bond acceptors (Lipinski definition) is 2. The monoisotopic (exact) mass is 241 g/mol. The molecule has 0 spiro atoms. The van der Waals surface area contributed by atoms with Crippen molar-refractivity contribution in [1.82, 2.24) is 14.5 Å². The van der Waals surface area contributed by atoms with Crippen LogP contribution in [0.25, 0.3) is 5.69 Å². The molecule has 92 valence electrons. The summed E-state index contributed by atoms with van der Waals surface area (Å²) < 4.78 is 2.09. The van der Waals surface area contributed by atoms with E-state index in [4.69, 9.17) is 0 Å². The van der Waals surface area contributed by atoms with Gasteiger partial charge in [-0.1, -0.05) is 12.1 Å². The van der Waals surface area contributed by atoms with E-state index in [2.05, 4.69) is 9.55 Å². The summed E-state index contributed by atoms with van der Waals surface area (Å²) in [6.07, 6.45) is 0. The molecule has 1 amide bonds. The molecule has 2 aromatic rings. The molecule has 2 heterocycles. The number of benzene rings is 1. The maximum absolute atomic E-state index is 12.3. The molecule has 0 fully saturated rings. The molecule has 0 saturated carbocycles. The quantitative estimate of drug-likeness (QED) is 0.708. The van der Waals surface area contributed by atoms with Gasteiger partial charge in [0.2, 0.25) is 0 Å². The first-order chi connectivity index (χ1) is 8.59. The number of hydrogen-bond donors (Lipinski definition) is 0. The van der Waals surface area contributed by atoms with Crippen LogP contribution in [0.15, 0.2) is 24.3 Å². The van der Waals surface area contributed by atoms with Gasteiger partial charge in [-0.15, -0.1) is 0 Å². The number of carbonyl (C=O) groups excluding carboxylic acids is 1. The van der Waals surface area contributed by atoms with Gasteiger partial charge in [0, 0.05) is 12.7 Å². The standard InChI is InChI=1S/C14H15N3O/c1-9-10(2)17-12-7-5-4-6-11(12)14(18)16(3)8-13(17)15-9/h4-7H,8H2,1-3H3. The van der Waals surface area contributed by atoms with Gasteiger partial charge >= 0.3 is 0 Å². The molecule has 1 aliphatic heterocycles. The average Bonchev–Trinajstić information content (AvgIpc) is 2.58. The maximum atomic E-state index is 12.3. The van der Waals surface area contributed by atoms with Crippen LogP contribution in [0.4, 0.5) is 0 Å². The van der Waals surface area contributed by atoms with Crippen molar-refractivity contribution in [2.45, 2.75) is 20.4 Å². The number of carbonyl (C=O) groups is 1. The van der Waals surface area contributed by atoms with Gasteiger partial charge in [0.15, 0.2) is 0 Å². The van der Waals surface area contributed by atoms with Gasteiger partial charge in [0.1, 0.15) is 5.82 Å². The Morgan fingerprint density at radius 3 is 2.72 bits per heavy atom. The normalized spacial score (nSPS) is 14.2. The zero-order chi connectivity index (χ0) is 12.9. The molecular weight excluding hydrogens is 226 g/mol. The highest BCUT2D eigenvalue weighted by molar-refractivity contribution is 5.98. The summed E-state index contributed by atoms with van der Waals surface area (Å²) >= 11 is 0. The first-order valence-corrected chi connectivity index (χ1v) is 5.99. The van der Waals surface area contributed by atoms with Crippen molar-refractivity contribution >= 4 is 5.91 Å². The Morgan fingerprint density at radius 1 is 1.22 bits per heavy atom. The van der Waals surface area contributed by atoms with E-state index in [9.17, 15) is 4.79 Å². The van der Waals surface area contributed by atoms with Crippen molar-refractivity contribution in [1.29, 1.82) is 0 Å². The predicted molar refractivity (Wildman–Crippen MR) is 68.8 cm³/mol. The summed E-state index contributed by atoms with van der Waals surface area (Å²) in [7, 11) is 1.81. The molecule has 3 rings (SSSR count). The molecule has 0 unspecified atom stereocenters. The van der Waals surface area contributed by atoms with E-state index in [1.165, 1.54) is 0 Å². The van der Waals surface area contributed by atoms with Gasteiger partial charge in [-0.3, -0.25) is 9.36 Å². The van der Waals surface area contributed by atoms with Crippen molar-refractivity contribution in [3.05, 3.63) is 47.0 Å². The Kier molecular flexibility index (Phi) is 2.26. The molecule has 0 N–H and O–H groups in total. The van der Waals surface area contributed by atoms with Crippen LogP contribution in [0.3, 0.4) is 0 Å². The van der Waals surface area contributed by atoms with Crippen LogP contribution >= 0.6 is 0 Å². The summed E-state index contributed by atoms with van der Waals surface area (Å²) in [5, 5.41) is 0. The summed E-state index contributed by atoms with van der Waals surface area (Å²) in [4.78, 5) is 18.6. The van der Waals surface area contributed by atoms with Crippen LogP contribution < -0.4 is 0 Å². The SMILES string of the molecule is Cc1nc2n(c1C)-c1ccccc1C(=O)N(C)C2. The van der Waals surface area contributed by atoms with Crippen LogP contribution in [0.2, 0.25) is 0 Å². The van der Waals surface area contributed by atoms with Crippen LogP contribution in [0.1, 0.15) is 27.6 Å². The fourth-order valence-corrected chi connectivity index (χ4v) is 2.44. The summed E-state index contributed by atoms with van der Waals surface area (Å²) in [5.41, 5.74) is 3.78. The minimum atomic E-state index is 0.0492. The molecule has 0 atom stereocenters. The summed E-state index contributed by atoms with van der Waals surface area (Å²) in [5.74, 6) is 0.971. The third kappa shape index (κ3) is 1.38. The lowest BCUT2D eigenvalue weighted by molar-refractivity contribution is 0.0786. The lowest BCUT2D eigenvalue weighted by Crippen LogP contribution is -2.25. The Balaban J connectivity index is 2.37. The van der Waals surface area contributed by atoms with Crippen LogP contribution in [0, 0.1) is 13.8 Å². The number of fused-ring (bicyclic) bond motifs is 3. The van der Waals surface area contributed by atoms with Gasteiger partial charge in [-0.05, 0) is 26.0 Å². The predicted octanol–water partition coefficient (Wildman–Crippen LogP) is 2.07. The summed E-state index contributed by atoms with van der Waals surface area (Å²) in [6.45, 7) is 4.59. The molecule has 0 aliphatic carbocycles. The van der Waals surface area contributed by atoms with E-state index in [0.29, 0.717) is 6.54 Å². The smallest absolute Gasteiger partial charge is 0.256 e. The summed E-state index contributed by atoms with van der Waals surface area (Å²) in [6, 6.07) is 7.70. The van der Waals surface area contributed by atoms with Crippen LogP contribution in [-0.4, -0.2) is 27.4 Å². The number of nitrogens with zero attached hydrogens (tertiary/aromatic N) is 3. The van der Waals surface area contributed by atoms with Crippen molar-refractivity contribution < 1.29 is 4.79 Å². The van der Waals surface area contributed by atoms with E-state index in [0.717, 1.165) is 28.5 Å². The molecule has 1 aromatic heterocycles. The Bertz CT molecular complexity index is 642. The Morgan fingerprint density at radius 2 is 1.94 bits per heavy atom. The molecule has 0 saturated heterocycles. The molecule has 4 heteroatoms. The third-order valence-electron chi connectivity index (χ3n) is 3.51. The lowest BCUT2D eigenvalue weighted by Gasteiger charge is -2.13. The van der Waals surface area contributed by atoms with E-state index < -0.39 is 0 Å². The minimum absolute atomic E-state index is 0.0492. The highest BCUT2D eigenvalue weighted by atomic mass is 16.2. The molecule has 0 radical (unpaired) electrons. The van der Waals surface area contributed by atoms with Gasteiger partial charge in [-0.2, -0.15) is 0 Å². The van der Waals surface area contributed by atoms with Gasteiger partial charge in [-0.25, -0.2) is 4.98 Å². The number of para-hydroxylation sites is 1. The number of aryl methyl sites for hydroxylation is 1. The van der Waals surface area contributed by atoms with E-state index in [-0.39, 0.29) is 5.91 Å². The van der Waals surface area contributed by atoms with Gasteiger partial charge < -0.3 is 4.90 Å². The molecule has 0 bridgehead atoms. The van der Waals surface area contributed by atoms with Crippen molar-refractivity contribution in [2.75, 3.05) is 7.05 Å². The molecular formula is C14H15N3O. The Hall–Kier alpha value is -2.10. The van der Waals surface area contributed by atoms with Crippen molar-refractivity contribution in [3.63, 3.8) is 0 Å². The second-order valence-corrected chi connectivity index (χ2v) is 4.71. The average molecular weight is 241 g/mol. The van der Waals surface area contributed by atoms with Gasteiger partial charge in [0.05, 0.1) is 23.5 Å². The van der Waals surface area contributed by atoms with Crippen LogP contribution in [0.5, 0.6) is 0 Å². The number of amides is 1. The lowest BCUT2D eigenvalue weighted by atomic mass is 10.1. The fourth-order valence-electron chi connectivity index (χ4n) is 2.44.